The molecule has 32 valence electrons. The molecule has 5 heavy (non-hydrogen) atoms. The van der Waals surface area contributed by atoms with Crippen LogP contribution in [0.15, 0.2) is 0 Å². The molecule has 0 aromatic rings. The molecule has 0 aliphatic rings. The maximum absolute atomic E-state index is 4.75. The van der Waals surface area contributed by atoms with Crippen LogP contribution in [0.25, 0.3) is 0 Å². The number of rotatable bonds is 1. The summed E-state index contributed by atoms with van der Waals surface area (Å²) in [5.41, 5.74) is 0. The van der Waals surface area contributed by atoms with Gasteiger partial charge in [0.05, 0.1) is 0 Å². The van der Waals surface area contributed by atoms with E-state index in [4.69, 9.17) is 4.43 Å². The Morgan fingerprint density at radius 2 is 2.00 bits per heavy atom. The fourth-order valence-corrected chi connectivity index (χ4v) is 0. The summed E-state index contributed by atoms with van der Waals surface area (Å²) >= 11 is 4.01. The van der Waals surface area contributed by atoms with Crippen molar-refractivity contribution in [2.24, 2.45) is 0 Å². The molecule has 1 nitrogen and oxygen atoms in total. The molecule has 0 aliphatic heterocycles. The summed E-state index contributed by atoms with van der Waals surface area (Å²) in [5, 5.41) is 0. The van der Waals surface area contributed by atoms with Crippen molar-refractivity contribution in [1.82, 2.24) is 0 Å². The second-order valence-electron chi connectivity index (χ2n) is 0.835. The number of thiol groups is 1. The molecule has 0 bridgehead atoms. The van der Waals surface area contributed by atoms with Crippen molar-refractivity contribution >= 4 is 20.3 Å². The van der Waals surface area contributed by atoms with Gasteiger partial charge in [-0.05, 0) is 6.55 Å². The standard InChI is InChI=1S/C2H8OSSi/c1-3-5(2)4/h4-5H,1-2H3. The van der Waals surface area contributed by atoms with Crippen LogP contribution in [-0.4, -0.2) is 15.3 Å². The van der Waals surface area contributed by atoms with Gasteiger partial charge in [-0.15, -0.1) is 0 Å². The summed E-state index contributed by atoms with van der Waals surface area (Å²) in [4.78, 5) is 0. The summed E-state index contributed by atoms with van der Waals surface area (Å²) < 4.78 is 4.75. The third kappa shape index (κ3) is 4.53. The van der Waals surface area contributed by atoms with E-state index in [1.165, 1.54) is 0 Å². The molecule has 0 heterocycles. The van der Waals surface area contributed by atoms with E-state index in [-0.39, 0.29) is 0 Å². The lowest BCUT2D eigenvalue weighted by Gasteiger charge is -1.91. The molecule has 0 saturated carbocycles. The monoisotopic (exact) mass is 108 g/mol. The normalized spacial score (nSPS) is 15.0. The fraction of sp³-hybridized carbons (Fsp3) is 1.00. The largest absolute Gasteiger partial charge is 0.413 e. The van der Waals surface area contributed by atoms with Crippen molar-refractivity contribution in [3.8, 4) is 0 Å². The van der Waals surface area contributed by atoms with Crippen LogP contribution >= 0.6 is 12.1 Å². The molecular weight excluding hydrogens is 100 g/mol. The Morgan fingerprint density at radius 3 is 2.00 bits per heavy atom. The third-order valence-corrected chi connectivity index (χ3v) is 1.66. The van der Waals surface area contributed by atoms with Crippen LogP contribution in [0, 0.1) is 0 Å². The minimum Gasteiger partial charge on any atom is -0.413 e. The first-order valence-electron chi connectivity index (χ1n) is 1.48. The van der Waals surface area contributed by atoms with Gasteiger partial charge in [-0.2, -0.15) is 12.1 Å². The van der Waals surface area contributed by atoms with Gasteiger partial charge in [0.2, 0.25) is 8.19 Å². The summed E-state index contributed by atoms with van der Waals surface area (Å²) in [6.07, 6.45) is 0. The van der Waals surface area contributed by atoms with Gasteiger partial charge >= 0.3 is 0 Å². The van der Waals surface area contributed by atoms with Gasteiger partial charge in [-0.1, -0.05) is 0 Å². The molecule has 0 spiro atoms. The van der Waals surface area contributed by atoms with Crippen LogP contribution in [-0.2, 0) is 4.43 Å². The molecule has 0 aliphatic carbocycles. The smallest absolute Gasteiger partial charge is 0.231 e. The molecule has 1 unspecified atom stereocenters. The van der Waals surface area contributed by atoms with Crippen molar-refractivity contribution in [2.75, 3.05) is 7.11 Å². The molecule has 3 heteroatoms. The molecule has 0 aromatic heterocycles. The molecule has 0 N–H and O–H groups in total. The Bertz CT molecular complexity index is 23.6. The van der Waals surface area contributed by atoms with E-state index < -0.39 is 8.19 Å². The van der Waals surface area contributed by atoms with Gasteiger partial charge in [-0.3, -0.25) is 0 Å². The van der Waals surface area contributed by atoms with E-state index in [0.717, 1.165) is 0 Å². The van der Waals surface area contributed by atoms with E-state index in [0.29, 0.717) is 0 Å². The van der Waals surface area contributed by atoms with Crippen LogP contribution in [0.3, 0.4) is 0 Å². The predicted octanol–water partition coefficient (Wildman–Crippen LogP) is 0.413. The zero-order valence-corrected chi connectivity index (χ0v) is 5.48. The topological polar surface area (TPSA) is 9.23 Å². The van der Waals surface area contributed by atoms with E-state index in [2.05, 4.69) is 12.1 Å². The van der Waals surface area contributed by atoms with Crippen LogP contribution in [0.1, 0.15) is 0 Å². The minimum absolute atomic E-state index is 0.955. The van der Waals surface area contributed by atoms with Crippen molar-refractivity contribution in [3.05, 3.63) is 0 Å². The van der Waals surface area contributed by atoms with Gasteiger partial charge < -0.3 is 4.43 Å². The van der Waals surface area contributed by atoms with Gasteiger partial charge in [0.15, 0.2) is 0 Å². The van der Waals surface area contributed by atoms with Crippen LogP contribution in [0.4, 0.5) is 0 Å². The predicted molar refractivity (Wildman–Crippen MR) is 29.0 cm³/mol. The van der Waals surface area contributed by atoms with Crippen LogP contribution in [0.2, 0.25) is 6.55 Å². The van der Waals surface area contributed by atoms with E-state index >= 15 is 0 Å². The lowest BCUT2D eigenvalue weighted by atomic mass is 11.8. The zero-order valence-electron chi connectivity index (χ0n) is 3.43. The quantitative estimate of drug-likeness (QED) is 0.378. The first-order valence-corrected chi connectivity index (χ1v) is 5.17. The summed E-state index contributed by atoms with van der Waals surface area (Å²) in [7, 11) is 0.729. The van der Waals surface area contributed by atoms with Gasteiger partial charge in [0, 0.05) is 7.11 Å². The Morgan fingerprint density at radius 1 is 1.80 bits per heavy atom. The molecule has 0 aromatic carbocycles. The fourth-order valence-electron chi connectivity index (χ4n) is 0. The average Bonchev–Trinajstić information content (AvgIpc) is 1.38. The lowest BCUT2D eigenvalue weighted by Crippen LogP contribution is -1.97. The maximum atomic E-state index is 4.75. The molecule has 0 rings (SSSR count). The summed E-state index contributed by atoms with van der Waals surface area (Å²) in [6, 6.07) is 0. The molecule has 1 atom stereocenters. The Balaban J connectivity index is 2.54. The highest BCUT2D eigenvalue weighted by molar-refractivity contribution is 8.09. The summed E-state index contributed by atoms with van der Waals surface area (Å²) in [6.45, 7) is 2.00. The Hall–Kier alpha value is 0.527. The number of hydrogen-bond acceptors (Lipinski definition) is 2. The van der Waals surface area contributed by atoms with Crippen LogP contribution in [0.5, 0.6) is 0 Å². The van der Waals surface area contributed by atoms with Gasteiger partial charge in [0.1, 0.15) is 0 Å². The van der Waals surface area contributed by atoms with Gasteiger partial charge in [0.25, 0.3) is 0 Å². The molecule has 0 amide bonds. The Kier molecular flexibility index (Phi) is 3.04. The van der Waals surface area contributed by atoms with Crippen molar-refractivity contribution in [3.63, 3.8) is 0 Å². The van der Waals surface area contributed by atoms with E-state index in [1.807, 2.05) is 6.55 Å². The highest BCUT2D eigenvalue weighted by Crippen LogP contribution is 1.82. The van der Waals surface area contributed by atoms with E-state index in [9.17, 15) is 0 Å². The van der Waals surface area contributed by atoms with Gasteiger partial charge in [-0.25, -0.2) is 0 Å². The maximum Gasteiger partial charge on any atom is 0.231 e. The number of hydrogen-bond donors (Lipinski definition) is 1. The molecule has 0 fully saturated rings. The highest BCUT2D eigenvalue weighted by Gasteiger charge is 1.84. The SMILES string of the molecule is CO[SiH](C)S. The molecular formula is C2H8OSSi. The molecule has 0 saturated heterocycles. The summed E-state index contributed by atoms with van der Waals surface area (Å²) in [5.74, 6) is 0. The minimum atomic E-state index is -0.955. The first kappa shape index (κ1) is 5.53. The third-order valence-electron chi connectivity index (χ3n) is 0.341. The van der Waals surface area contributed by atoms with Crippen LogP contribution < -0.4 is 0 Å². The van der Waals surface area contributed by atoms with Crippen molar-refractivity contribution in [2.45, 2.75) is 6.55 Å². The lowest BCUT2D eigenvalue weighted by molar-refractivity contribution is 0.441. The van der Waals surface area contributed by atoms with Crippen molar-refractivity contribution < 1.29 is 4.43 Å². The molecule has 0 radical (unpaired) electrons. The average molecular weight is 108 g/mol. The second-order valence-corrected chi connectivity index (χ2v) is 4.69. The Labute approximate surface area is 39.1 Å². The highest BCUT2D eigenvalue weighted by atomic mass is 32.3. The zero-order chi connectivity index (χ0) is 4.28. The van der Waals surface area contributed by atoms with E-state index in [1.54, 1.807) is 7.11 Å². The first-order chi connectivity index (χ1) is 2.27. The second kappa shape index (κ2) is 2.75. The van der Waals surface area contributed by atoms with Crippen molar-refractivity contribution in [1.29, 1.82) is 0 Å².